The van der Waals surface area contributed by atoms with Gasteiger partial charge in [-0.2, -0.15) is 8.42 Å². The van der Waals surface area contributed by atoms with E-state index in [2.05, 4.69) is 42.6 Å². The van der Waals surface area contributed by atoms with Gasteiger partial charge < -0.3 is 9.64 Å². The van der Waals surface area contributed by atoms with Crippen molar-refractivity contribution in [1.82, 2.24) is 9.97 Å². The Morgan fingerprint density at radius 1 is 0.894 bits per heavy atom. The number of fused-ring (bicyclic) bond motifs is 6. The average Bonchev–Trinajstić information content (AvgIpc) is 3.03. The largest absolute Gasteiger partial charge is 0.494 e. The van der Waals surface area contributed by atoms with Gasteiger partial charge in [0.25, 0.3) is 10.0 Å². The van der Waals surface area contributed by atoms with Crippen molar-refractivity contribution >= 4 is 32.5 Å². The zero-order valence-electron chi connectivity index (χ0n) is 27.9. The maximum atomic E-state index is 13.7. The molecule has 0 saturated carbocycles. The lowest BCUT2D eigenvalue weighted by atomic mass is 9.93. The van der Waals surface area contributed by atoms with E-state index in [-0.39, 0.29) is 16.3 Å². The van der Waals surface area contributed by atoms with Crippen LogP contribution in [0, 0.1) is 5.41 Å². The molecule has 1 unspecified atom stereocenters. The normalized spacial score (nSPS) is 16.0. The highest BCUT2D eigenvalue weighted by molar-refractivity contribution is 7.92. The van der Waals surface area contributed by atoms with E-state index in [1.165, 1.54) is 11.6 Å². The maximum absolute atomic E-state index is 13.7. The lowest BCUT2D eigenvalue weighted by molar-refractivity contribution is 0.243. The van der Waals surface area contributed by atoms with Crippen LogP contribution in [0.25, 0.3) is 22.4 Å². The second kappa shape index (κ2) is 15.4. The fourth-order valence-corrected chi connectivity index (χ4v) is 7.07. The first-order valence-electron chi connectivity index (χ1n) is 16.4. The van der Waals surface area contributed by atoms with Crippen LogP contribution < -0.4 is 14.4 Å². The van der Waals surface area contributed by atoms with E-state index in [0.717, 1.165) is 61.0 Å². The molecule has 1 atom stereocenters. The summed E-state index contributed by atoms with van der Waals surface area (Å²) in [6.45, 7) is 8.46. The molecule has 0 aliphatic carbocycles. The molecule has 8 nitrogen and oxygen atoms in total. The minimum Gasteiger partial charge on any atom is -0.494 e. The molecule has 0 radical (unpaired) electrons. The highest BCUT2D eigenvalue weighted by Crippen LogP contribution is 2.36. The molecule has 5 rings (SSSR count). The van der Waals surface area contributed by atoms with E-state index < -0.39 is 20.8 Å². The third-order valence-electron chi connectivity index (χ3n) is 8.25. The Balaban J connectivity index is 1.55. The quantitative estimate of drug-likeness (QED) is 0.214. The van der Waals surface area contributed by atoms with Crippen LogP contribution in [-0.4, -0.2) is 54.3 Å². The molecule has 4 bridgehead atoms. The summed E-state index contributed by atoms with van der Waals surface area (Å²) in [7, 11) is -5.03. The van der Waals surface area contributed by atoms with Crippen LogP contribution in [0.5, 0.6) is 5.75 Å². The number of anilines is 2. The number of nitrogens with one attached hydrogen (secondary N) is 1. The molecule has 0 spiro atoms. The number of nitrogens with zero attached hydrogens (tertiary/aromatic N) is 3. The van der Waals surface area contributed by atoms with Gasteiger partial charge in [0.1, 0.15) is 17.4 Å². The second-order valence-electron chi connectivity index (χ2n) is 13.3. The molecular formula is C37H46N4O4S2. The molecule has 1 N–H and O–H groups in total. The third-order valence-corrected chi connectivity index (χ3v) is 10.3. The predicted molar refractivity (Wildman–Crippen MR) is 193 cm³/mol. The molecule has 2 aromatic carbocycles. The van der Waals surface area contributed by atoms with Crippen LogP contribution >= 0.6 is 0 Å². The number of hydrogen-bond donors (Lipinski definition) is 1. The minimum atomic E-state index is -4.06. The van der Waals surface area contributed by atoms with Gasteiger partial charge in [-0.25, -0.2) is 9.97 Å². The van der Waals surface area contributed by atoms with Crippen molar-refractivity contribution < 1.29 is 17.4 Å². The fraction of sp³-hybridized carbons (Fsp3) is 0.405. The Hall–Kier alpha value is -3.76. The van der Waals surface area contributed by atoms with Crippen molar-refractivity contribution in [3.63, 3.8) is 0 Å². The summed E-state index contributed by atoms with van der Waals surface area (Å²) in [5, 5.41) is -0.0881. The Morgan fingerprint density at radius 2 is 1.68 bits per heavy atom. The van der Waals surface area contributed by atoms with Gasteiger partial charge in [0.2, 0.25) is 0 Å². The smallest absolute Gasteiger partial charge is 0.280 e. The number of pyridine rings is 2. The van der Waals surface area contributed by atoms with Crippen molar-refractivity contribution in [1.29, 1.82) is 0 Å². The summed E-state index contributed by atoms with van der Waals surface area (Å²) >= 11 is 0. The van der Waals surface area contributed by atoms with Gasteiger partial charge >= 0.3 is 0 Å². The zero-order chi connectivity index (χ0) is 33.4. The Kier molecular flexibility index (Phi) is 11.3. The third kappa shape index (κ3) is 9.64. The van der Waals surface area contributed by atoms with E-state index in [9.17, 15) is 12.6 Å². The second-order valence-corrected chi connectivity index (χ2v) is 16.5. The lowest BCUT2D eigenvalue weighted by Gasteiger charge is -2.24. The first kappa shape index (κ1) is 34.6. The van der Waals surface area contributed by atoms with Crippen LogP contribution in [-0.2, 0) is 27.2 Å². The minimum absolute atomic E-state index is 0.0881. The van der Waals surface area contributed by atoms with Gasteiger partial charge in [-0.05, 0) is 78.6 Å². The molecule has 4 aromatic rings. The first-order chi connectivity index (χ1) is 22.5. The maximum Gasteiger partial charge on any atom is 0.280 e. The summed E-state index contributed by atoms with van der Waals surface area (Å²) in [4.78, 5) is 11.6. The Bertz CT molecular complexity index is 1800. The van der Waals surface area contributed by atoms with Gasteiger partial charge in [-0.1, -0.05) is 76.1 Å². The van der Waals surface area contributed by atoms with Crippen molar-refractivity contribution in [3.8, 4) is 28.1 Å². The number of ether oxygens (including phenoxy) is 1. The average molecular weight is 675 g/mol. The van der Waals surface area contributed by atoms with Gasteiger partial charge in [-0.15, -0.1) is 0 Å². The van der Waals surface area contributed by atoms with E-state index in [1.807, 2.05) is 53.4 Å². The fourth-order valence-electron chi connectivity index (χ4n) is 5.62. The number of rotatable bonds is 7. The van der Waals surface area contributed by atoms with Crippen LogP contribution in [0.2, 0.25) is 0 Å². The van der Waals surface area contributed by atoms with Crippen molar-refractivity contribution in [3.05, 3.63) is 84.4 Å². The highest BCUT2D eigenvalue weighted by Gasteiger charge is 2.22. The van der Waals surface area contributed by atoms with Gasteiger partial charge in [0.05, 0.1) is 12.3 Å². The molecule has 250 valence electrons. The summed E-state index contributed by atoms with van der Waals surface area (Å²) in [6, 6.07) is 24.9. The van der Waals surface area contributed by atoms with Crippen LogP contribution in [0.1, 0.15) is 58.4 Å². The topological polar surface area (TPSA) is 101 Å². The summed E-state index contributed by atoms with van der Waals surface area (Å²) in [6.07, 6.45) is 7.51. The molecule has 2 aromatic heterocycles. The van der Waals surface area contributed by atoms with E-state index >= 15 is 0 Å². The number of aryl methyl sites for hydroxylation is 1. The van der Waals surface area contributed by atoms with E-state index in [0.29, 0.717) is 37.0 Å². The summed E-state index contributed by atoms with van der Waals surface area (Å²) < 4.78 is 48.2. The first-order valence-corrected chi connectivity index (χ1v) is 19.6. The monoisotopic (exact) mass is 674 g/mol. The number of sulfonamides is 1. The van der Waals surface area contributed by atoms with Crippen LogP contribution in [0.15, 0.2) is 83.9 Å². The van der Waals surface area contributed by atoms with Gasteiger partial charge in [-0.3, -0.25) is 8.93 Å². The number of hydrogen-bond acceptors (Lipinski definition) is 7. The standard InChI is InChI=1S/C37H46N4O4S2/c1-37(2,3)22-25-45-30-16-11-15-29(27-30)32-20-21-33-38-36(32)31-17-9-8-14-28(31)13-7-5-6-10-23-41(24-26-46(4)42)34-18-12-19-35(39-34)47(43,44)40-33/h8-9,11-12,14-21,27H,5-7,10,13,22-26H2,1-4H3,(H,38,40). The molecular weight excluding hydrogens is 629 g/mol. The highest BCUT2D eigenvalue weighted by atomic mass is 32.2. The zero-order valence-corrected chi connectivity index (χ0v) is 29.5. The Morgan fingerprint density at radius 3 is 2.49 bits per heavy atom. The molecule has 1 aliphatic rings. The number of aromatic nitrogens is 2. The van der Waals surface area contributed by atoms with Crippen LogP contribution in [0.4, 0.5) is 11.6 Å². The summed E-state index contributed by atoms with van der Waals surface area (Å²) in [5.41, 5.74) is 4.86. The lowest BCUT2D eigenvalue weighted by Crippen LogP contribution is -2.30. The van der Waals surface area contributed by atoms with E-state index in [4.69, 9.17) is 9.72 Å². The van der Waals surface area contributed by atoms with Gasteiger partial charge in [0.15, 0.2) is 5.03 Å². The van der Waals surface area contributed by atoms with Crippen molar-refractivity contribution in [2.75, 3.05) is 41.3 Å². The van der Waals surface area contributed by atoms with Crippen molar-refractivity contribution in [2.24, 2.45) is 5.41 Å². The number of benzene rings is 2. The SMILES string of the molecule is CS(=O)CCN1CCCCCCc2ccccc2-c2nc(ccc2-c2cccc(OCCC(C)(C)C)c2)NS(=O)(=O)c2cccc1n2. The molecule has 0 fully saturated rings. The summed E-state index contributed by atoms with van der Waals surface area (Å²) in [5.74, 6) is 2.04. The molecule has 1 aliphatic heterocycles. The Labute approximate surface area is 282 Å². The molecule has 0 saturated heterocycles. The molecule has 3 heterocycles. The van der Waals surface area contributed by atoms with Crippen LogP contribution in [0.3, 0.4) is 0 Å². The van der Waals surface area contributed by atoms with Crippen molar-refractivity contribution in [2.45, 2.75) is 64.3 Å². The molecule has 10 heteroatoms. The predicted octanol–water partition coefficient (Wildman–Crippen LogP) is 7.73. The van der Waals surface area contributed by atoms with E-state index in [1.54, 1.807) is 18.4 Å². The molecule has 47 heavy (non-hydrogen) atoms. The molecule has 0 amide bonds. The van der Waals surface area contributed by atoms with Gasteiger partial charge in [0, 0.05) is 47.0 Å².